The van der Waals surface area contributed by atoms with E-state index in [4.69, 9.17) is 9.15 Å². The molecule has 0 radical (unpaired) electrons. The van der Waals surface area contributed by atoms with Gasteiger partial charge in [0.1, 0.15) is 11.3 Å². The number of hydrogen-bond acceptors (Lipinski definition) is 4. The van der Waals surface area contributed by atoms with Crippen LogP contribution in [0.5, 0.6) is 0 Å². The zero-order valence-electron chi connectivity index (χ0n) is 10.1. The average Bonchev–Trinajstić information content (AvgIpc) is 2.30. The average molecular weight is 247 g/mol. The summed E-state index contributed by atoms with van der Waals surface area (Å²) in [5, 5.41) is 2.96. The standard InChI is InChI=1S/C13H13NO4/c1-3-17-13(16)14-9-4-5-12-10(7-9)11(15)6-8(2)18-12/h4-7H,3H2,1-2H3,(H,14,16). The van der Waals surface area contributed by atoms with Crippen LogP contribution in [0.3, 0.4) is 0 Å². The number of nitrogens with one attached hydrogen (secondary N) is 1. The molecule has 2 aromatic rings. The van der Waals surface area contributed by atoms with Crippen LogP contribution in [0.15, 0.2) is 33.5 Å². The molecule has 0 spiro atoms. The fourth-order valence-corrected chi connectivity index (χ4v) is 1.64. The van der Waals surface area contributed by atoms with Crippen molar-refractivity contribution in [3.05, 3.63) is 40.2 Å². The van der Waals surface area contributed by atoms with Gasteiger partial charge in [-0.25, -0.2) is 4.79 Å². The fraction of sp³-hybridized carbons (Fsp3) is 0.231. The first kappa shape index (κ1) is 12.2. The number of rotatable bonds is 2. The van der Waals surface area contributed by atoms with Crippen LogP contribution in [0.4, 0.5) is 10.5 Å². The van der Waals surface area contributed by atoms with Gasteiger partial charge < -0.3 is 9.15 Å². The monoisotopic (exact) mass is 247 g/mol. The number of carbonyl (C=O) groups is 1. The van der Waals surface area contributed by atoms with Gasteiger partial charge in [-0.15, -0.1) is 0 Å². The van der Waals surface area contributed by atoms with Crippen LogP contribution < -0.4 is 10.7 Å². The van der Waals surface area contributed by atoms with Crippen LogP contribution in [-0.4, -0.2) is 12.7 Å². The maximum absolute atomic E-state index is 11.8. The summed E-state index contributed by atoms with van der Waals surface area (Å²) >= 11 is 0. The molecule has 2 rings (SSSR count). The fourth-order valence-electron chi connectivity index (χ4n) is 1.64. The van der Waals surface area contributed by atoms with Crippen molar-refractivity contribution >= 4 is 22.7 Å². The topological polar surface area (TPSA) is 68.5 Å². The van der Waals surface area contributed by atoms with Crippen molar-refractivity contribution in [2.45, 2.75) is 13.8 Å². The summed E-state index contributed by atoms with van der Waals surface area (Å²) in [6, 6.07) is 6.28. The maximum atomic E-state index is 11.8. The van der Waals surface area contributed by atoms with Crippen molar-refractivity contribution in [3.8, 4) is 0 Å². The van der Waals surface area contributed by atoms with Gasteiger partial charge in [0.2, 0.25) is 0 Å². The number of anilines is 1. The highest BCUT2D eigenvalue weighted by Gasteiger charge is 2.06. The van der Waals surface area contributed by atoms with Crippen LogP contribution in [0, 0.1) is 6.92 Å². The minimum Gasteiger partial charge on any atom is -0.461 e. The van der Waals surface area contributed by atoms with E-state index in [1.54, 1.807) is 32.0 Å². The lowest BCUT2D eigenvalue weighted by Crippen LogP contribution is -2.13. The first-order chi connectivity index (χ1) is 8.60. The summed E-state index contributed by atoms with van der Waals surface area (Å²) in [7, 11) is 0. The zero-order chi connectivity index (χ0) is 13.1. The van der Waals surface area contributed by atoms with E-state index in [-0.39, 0.29) is 5.43 Å². The van der Waals surface area contributed by atoms with Crippen molar-refractivity contribution in [1.82, 2.24) is 0 Å². The predicted molar refractivity (Wildman–Crippen MR) is 67.9 cm³/mol. The van der Waals surface area contributed by atoms with Gasteiger partial charge in [-0.2, -0.15) is 0 Å². The Morgan fingerprint density at radius 1 is 1.39 bits per heavy atom. The van der Waals surface area contributed by atoms with Crippen molar-refractivity contribution in [2.75, 3.05) is 11.9 Å². The molecule has 5 heteroatoms. The van der Waals surface area contributed by atoms with E-state index in [2.05, 4.69) is 5.32 Å². The van der Waals surface area contributed by atoms with Crippen molar-refractivity contribution in [2.24, 2.45) is 0 Å². The minimum atomic E-state index is -0.548. The number of hydrogen-bond donors (Lipinski definition) is 1. The first-order valence-corrected chi connectivity index (χ1v) is 5.58. The van der Waals surface area contributed by atoms with E-state index in [1.807, 2.05) is 0 Å². The molecule has 5 nitrogen and oxygen atoms in total. The third-order valence-corrected chi connectivity index (χ3v) is 2.37. The molecular weight excluding hydrogens is 234 g/mol. The molecule has 0 atom stereocenters. The molecule has 0 saturated carbocycles. The second-order valence-corrected chi connectivity index (χ2v) is 3.78. The second kappa shape index (κ2) is 4.91. The molecule has 1 N–H and O–H groups in total. The Labute approximate surface area is 103 Å². The Hall–Kier alpha value is -2.30. The Kier molecular flexibility index (Phi) is 3.32. The minimum absolute atomic E-state index is 0.138. The Morgan fingerprint density at radius 2 is 2.17 bits per heavy atom. The third-order valence-electron chi connectivity index (χ3n) is 2.37. The lowest BCUT2D eigenvalue weighted by Gasteiger charge is -2.06. The molecule has 0 aliphatic rings. The van der Waals surface area contributed by atoms with Gasteiger partial charge >= 0.3 is 6.09 Å². The van der Waals surface area contributed by atoms with E-state index in [0.29, 0.717) is 29.0 Å². The van der Waals surface area contributed by atoms with Crippen LogP contribution in [0.25, 0.3) is 11.0 Å². The van der Waals surface area contributed by atoms with Gasteiger partial charge in [0, 0.05) is 11.8 Å². The van der Waals surface area contributed by atoms with Crippen molar-refractivity contribution in [3.63, 3.8) is 0 Å². The molecule has 0 saturated heterocycles. The second-order valence-electron chi connectivity index (χ2n) is 3.78. The molecular formula is C13H13NO4. The molecule has 1 amide bonds. The molecule has 0 aliphatic heterocycles. The summed E-state index contributed by atoms with van der Waals surface area (Å²) in [5.74, 6) is 0.554. The summed E-state index contributed by atoms with van der Waals surface area (Å²) in [5.41, 5.74) is 0.854. The summed E-state index contributed by atoms with van der Waals surface area (Å²) in [6.45, 7) is 3.73. The third kappa shape index (κ3) is 2.51. The van der Waals surface area contributed by atoms with Crippen molar-refractivity contribution in [1.29, 1.82) is 0 Å². The van der Waals surface area contributed by atoms with E-state index in [9.17, 15) is 9.59 Å². The van der Waals surface area contributed by atoms with E-state index in [1.165, 1.54) is 6.07 Å². The van der Waals surface area contributed by atoms with Crippen LogP contribution in [0.1, 0.15) is 12.7 Å². The number of benzene rings is 1. The number of ether oxygens (including phenoxy) is 1. The molecule has 0 aliphatic carbocycles. The molecule has 1 aromatic carbocycles. The quantitative estimate of drug-likeness (QED) is 0.885. The highest BCUT2D eigenvalue weighted by atomic mass is 16.5. The molecule has 94 valence electrons. The van der Waals surface area contributed by atoms with E-state index in [0.717, 1.165) is 0 Å². The normalized spacial score (nSPS) is 10.3. The van der Waals surface area contributed by atoms with Gasteiger partial charge in [0.25, 0.3) is 0 Å². The molecule has 0 bridgehead atoms. The highest BCUT2D eigenvalue weighted by Crippen LogP contribution is 2.17. The van der Waals surface area contributed by atoms with Gasteiger partial charge in [-0.1, -0.05) is 0 Å². The van der Waals surface area contributed by atoms with E-state index >= 15 is 0 Å². The van der Waals surface area contributed by atoms with E-state index < -0.39 is 6.09 Å². The predicted octanol–water partition coefficient (Wildman–Crippen LogP) is 2.67. The number of aryl methyl sites for hydroxylation is 1. The largest absolute Gasteiger partial charge is 0.461 e. The SMILES string of the molecule is CCOC(=O)Nc1ccc2oc(C)cc(=O)c2c1. The Balaban J connectivity index is 2.38. The van der Waals surface area contributed by atoms with Crippen LogP contribution >= 0.6 is 0 Å². The first-order valence-electron chi connectivity index (χ1n) is 5.58. The lowest BCUT2D eigenvalue weighted by atomic mass is 10.2. The van der Waals surface area contributed by atoms with Gasteiger partial charge in [0.15, 0.2) is 5.43 Å². The van der Waals surface area contributed by atoms with Gasteiger partial charge in [-0.3, -0.25) is 10.1 Å². The summed E-state index contributed by atoms with van der Waals surface area (Å²) < 4.78 is 10.2. The number of fused-ring (bicyclic) bond motifs is 1. The lowest BCUT2D eigenvalue weighted by molar-refractivity contribution is 0.168. The molecule has 0 fully saturated rings. The Morgan fingerprint density at radius 3 is 2.89 bits per heavy atom. The molecule has 0 unspecified atom stereocenters. The van der Waals surface area contributed by atoms with Gasteiger partial charge in [-0.05, 0) is 32.0 Å². The summed E-state index contributed by atoms with van der Waals surface area (Å²) in [4.78, 5) is 23.0. The van der Waals surface area contributed by atoms with Crippen LogP contribution in [0.2, 0.25) is 0 Å². The Bertz CT molecular complexity index is 645. The zero-order valence-corrected chi connectivity index (χ0v) is 10.1. The summed E-state index contributed by atoms with van der Waals surface area (Å²) in [6.07, 6.45) is -0.548. The van der Waals surface area contributed by atoms with Crippen LogP contribution in [-0.2, 0) is 4.74 Å². The number of carbonyl (C=O) groups excluding carboxylic acids is 1. The van der Waals surface area contributed by atoms with Crippen molar-refractivity contribution < 1.29 is 13.9 Å². The molecule has 18 heavy (non-hydrogen) atoms. The van der Waals surface area contributed by atoms with Gasteiger partial charge in [0.05, 0.1) is 12.0 Å². The maximum Gasteiger partial charge on any atom is 0.411 e. The molecule has 1 aromatic heterocycles. The number of amides is 1. The highest BCUT2D eigenvalue weighted by molar-refractivity contribution is 5.89. The smallest absolute Gasteiger partial charge is 0.411 e. The molecule has 1 heterocycles.